The molecule has 0 aliphatic rings. The van der Waals surface area contributed by atoms with Gasteiger partial charge in [0.25, 0.3) is 5.91 Å². The second-order valence-electron chi connectivity index (χ2n) is 4.46. The number of imidazole rings is 1. The van der Waals surface area contributed by atoms with E-state index in [0.717, 1.165) is 5.69 Å². The average molecular weight is 303 g/mol. The van der Waals surface area contributed by atoms with Crippen LogP contribution in [0.15, 0.2) is 30.7 Å². The van der Waals surface area contributed by atoms with Crippen molar-refractivity contribution in [1.29, 1.82) is 0 Å². The number of thiocarbonyl (C=S) groups is 1. The van der Waals surface area contributed by atoms with Gasteiger partial charge >= 0.3 is 0 Å². The topological polar surface area (TPSA) is 63.1 Å². The molecule has 0 aromatic carbocycles. The molecule has 2 rings (SSSR count). The first kappa shape index (κ1) is 15.1. The van der Waals surface area contributed by atoms with Crippen LogP contribution in [0.3, 0.4) is 0 Å². The van der Waals surface area contributed by atoms with Gasteiger partial charge in [-0.15, -0.1) is 0 Å². The van der Waals surface area contributed by atoms with Crippen molar-refractivity contribution < 1.29 is 4.79 Å². The maximum Gasteiger partial charge on any atom is 0.276 e. The third-order valence-electron chi connectivity index (χ3n) is 3.09. The molecule has 0 atom stereocenters. The molecule has 2 heterocycles. The van der Waals surface area contributed by atoms with Gasteiger partial charge in [-0.05, 0) is 19.1 Å². The van der Waals surface area contributed by atoms with Crippen molar-refractivity contribution in [3.8, 4) is 0 Å². The summed E-state index contributed by atoms with van der Waals surface area (Å²) in [7, 11) is 3.48. The maximum atomic E-state index is 12.5. The first-order chi connectivity index (χ1) is 10.1. The van der Waals surface area contributed by atoms with E-state index >= 15 is 0 Å². The molecule has 6 nitrogen and oxygen atoms in total. The second kappa shape index (κ2) is 6.45. The zero-order valence-corrected chi connectivity index (χ0v) is 13.0. The van der Waals surface area contributed by atoms with Crippen LogP contribution in [-0.4, -0.2) is 39.0 Å². The number of anilines is 1. The van der Waals surface area contributed by atoms with Crippen molar-refractivity contribution in [2.75, 3.05) is 18.5 Å². The van der Waals surface area contributed by atoms with E-state index in [9.17, 15) is 4.79 Å². The van der Waals surface area contributed by atoms with Gasteiger partial charge in [-0.25, -0.2) is 4.98 Å². The largest absolute Gasteiger partial charge is 0.374 e. The molecule has 1 N–H and O–H groups in total. The van der Waals surface area contributed by atoms with Crippen LogP contribution in [0.5, 0.6) is 0 Å². The monoisotopic (exact) mass is 303 g/mol. The van der Waals surface area contributed by atoms with Gasteiger partial charge in [0, 0.05) is 26.8 Å². The number of carbonyl (C=O) groups is 1. The van der Waals surface area contributed by atoms with Crippen LogP contribution < -0.4 is 10.2 Å². The van der Waals surface area contributed by atoms with E-state index in [-0.39, 0.29) is 5.91 Å². The summed E-state index contributed by atoms with van der Waals surface area (Å²) in [6, 6.07) is 3.61. The lowest BCUT2D eigenvalue weighted by Crippen LogP contribution is -2.29. The van der Waals surface area contributed by atoms with Gasteiger partial charge in [-0.1, -0.05) is 12.2 Å². The fourth-order valence-corrected chi connectivity index (χ4v) is 2.23. The molecule has 0 aliphatic heterocycles. The minimum Gasteiger partial charge on any atom is -0.374 e. The van der Waals surface area contributed by atoms with Gasteiger partial charge in [0.05, 0.1) is 18.1 Å². The van der Waals surface area contributed by atoms with Gasteiger partial charge in [-0.3, -0.25) is 9.78 Å². The number of aromatic nitrogens is 3. The van der Waals surface area contributed by atoms with E-state index < -0.39 is 0 Å². The summed E-state index contributed by atoms with van der Waals surface area (Å²) in [6.45, 7) is 2.67. The highest BCUT2D eigenvalue weighted by atomic mass is 32.1. The van der Waals surface area contributed by atoms with Crippen molar-refractivity contribution in [3.63, 3.8) is 0 Å². The molecule has 110 valence electrons. The van der Waals surface area contributed by atoms with Crippen molar-refractivity contribution in [3.05, 3.63) is 42.2 Å². The predicted octanol–water partition coefficient (Wildman–Crippen LogP) is 1.38. The molecule has 0 unspecified atom stereocenters. The quantitative estimate of drug-likeness (QED) is 0.865. The molecular formula is C14H17N5OS. The standard InChI is InChI=1S/C14H17N5OS/c1-4-16-13(21)12-17-9-11(19(12)3)14(20)18(2)10-6-5-7-15-8-10/h5-9H,4H2,1-3H3,(H,16,21). The van der Waals surface area contributed by atoms with E-state index in [1.54, 1.807) is 37.1 Å². The number of carbonyl (C=O) groups excluding carboxylic acids is 1. The average Bonchev–Trinajstić information content (AvgIpc) is 2.88. The number of rotatable bonds is 4. The van der Waals surface area contributed by atoms with Crippen LogP contribution in [0.25, 0.3) is 0 Å². The molecule has 0 radical (unpaired) electrons. The molecule has 0 saturated carbocycles. The van der Waals surface area contributed by atoms with E-state index in [2.05, 4.69) is 15.3 Å². The molecule has 2 aromatic rings. The first-order valence-corrected chi connectivity index (χ1v) is 6.95. The molecule has 0 saturated heterocycles. The summed E-state index contributed by atoms with van der Waals surface area (Å²) in [5.41, 5.74) is 1.19. The summed E-state index contributed by atoms with van der Waals surface area (Å²) in [6.07, 6.45) is 4.84. The fraction of sp³-hybridized carbons (Fsp3) is 0.286. The number of hydrogen-bond donors (Lipinski definition) is 1. The molecule has 0 spiro atoms. The lowest BCUT2D eigenvalue weighted by Gasteiger charge is -2.17. The van der Waals surface area contributed by atoms with Crippen LogP contribution in [0.4, 0.5) is 5.69 Å². The van der Waals surface area contributed by atoms with Gasteiger partial charge in [0.1, 0.15) is 10.7 Å². The highest BCUT2D eigenvalue weighted by Crippen LogP contribution is 2.14. The highest BCUT2D eigenvalue weighted by molar-refractivity contribution is 7.80. The molecule has 7 heteroatoms. The Balaban J connectivity index is 2.26. The van der Waals surface area contributed by atoms with E-state index in [1.165, 1.54) is 11.1 Å². The van der Waals surface area contributed by atoms with Crippen molar-refractivity contribution >= 4 is 28.8 Å². The lowest BCUT2D eigenvalue weighted by atomic mass is 10.3. The third-order valence-corrected chi connectivity index (χ3v) is 3.41. The second-order valence-corrected chi connectivity index (χ2v) is 4.87. The third kappa shape index (κ3) is 3.08. The lowest BCUT2D eigenvalue weighted by molar-refractivity contribution is 0.0985. The Bertz CT molecular complexity index is 653. The Kier molecular flexibility index (Phi) is 4.64. The number of pyridine rings is 1. The van der Waals surface area contributed by atoms with Crippen LogP contribution in [-0.2, 0) is 7.05 Å². The highest BCUT2D eigenvalue weighted by Gasteiger charge is 2.20. The van der Waals surface area contributed by atoms with Gasteiger partial charge < -0.3 is 14.8 Å². The smallest absolute Gasteiger partial charge is 0.276 e. The first-order valence-electron chi connectivity index (χ1n) is 6.54. The van der Waals surface area contributed by atoms with Crippen LogP contribution in [0.2, 0.25) is 0 Å². The molecule has 0 aliphatic carbocycles. The number of hydrogen-bond acceptors (Lipinski definition) is 4. The van der Waals surface area contributed by atoms with Crippen LogP contribution in [0.1, 0.15) is 23.2 Å². The normalized spacial score (nSPS) is 10.2. The van der Waals surface area contributed by atoms with Crippen molar-refractivity contribution in [1.82, 2.24) is 19.9 Å². The minimum atomic E-state index is -0.163. The Morgan fingerprint density at radius 1 is 1.48 bits per heavy atom. The fourth-order valence-electron chi connectivity index (χ4n) is 1.90. The Hall–Kier alpha value is -2.28. The van der Waals surface area contributed by atoms with E-state index in [4.69, 9.17) is 12.2 Å². The number of amides is 1. The number of nitrogens with zero attached hydrogens (tertiary/aromatic N) is 4. The van der Waals surface area contributed by atoms with Gasteiger partial charge in [0.15, 0.2) is 5.82 Å². The molecule has 1 amide bonds. The Morgan fingerprint density at radius 3 is 2.86 bits per heavy atom. The van der Waals surface area contributed by atoms with E-state index in [1.807, 2.05) is 13.0 Å². The number of nitrogens with one attached hydrogen (secondary N) is 1. The molecular weight excluding hydrogens is 286 g/mol. The molecule has 0 fully saturated rings. The minimum absolute atomic E-state index is 0.163. The van der Waals surface area contributed by atoms with Gasteiger partial charge in [0.2, 0.25) is 0 Å². The molecule has 2 aromatic heterocycles. The summed E-state index contributed by atoms with van der Waals surface area (Å²) in [4.78, 5) is 22.8. The summed E-state index contributed by atoms with van der Waals surface area (Å²) < 4.78 is 1.69. The van der Waals surface area contributed by atoms with Crippen molar-refractivity contribution in [2.45, 2.75) is 6.92 Å². The Labute approximate surface area is 128 Å². The Morgan fingerprint density at radius 2 is 2.24 bits per heavy atom. The summed E-state index contributed by atoms with van der Waals surface area (Å²) in [5, 5.41) is 3.03. The molecule has 21 heavy (non-hydrogen) atoms. The van der Waals surface area contributed by atoms with Crippen LogP contribution in [0, 0.1) is 0 Å². The zero-order chi connectivity index (χ0) is 15.4. The van der Waals surface area contributed by atoms with E-state index in [0.29, 0.717) is 23.1 Å². The van der Waals surface area contributed by atoms with Gasteiger partial charge in [-0.2, -0.15) is 0 Å². The van der Waals surface area contributed by atoms with Crippen molar-refractivity contribution in [2.24, 2.45) is 7.05 Å². The summed E-state index contributed by atoms with van der Waals surface area (Å²) >= 11 is 5.24. The predicted molar refractivity (Wildman–Crippen MR) is 85.6 cm³/mol. The van der Waals surface area contributed by atoms with Crippen LogP contribution >= 0.6 is 12.2 Å². The summed E-state index contributed by atoms with van der Waals surface area (Å²) in [5.74, 6) is 0.415. The zero-order valence-electron chi connectivity index (χ0n) is 12.2. The molecule has 0 bridgehead atoms. The maximum absolute atomic E-state index is 12.5. The SMILES string of the molecule is CCNC(=S)c1ncc(C(=O)N(C)c2cccnc2)n1C.